The first kappa shape index (κ1) is 25.6. The molecule has 4 N–H and O–H groups in total. The molecule has 1 unspecified atom stereocenters. The number of amides is 2. The Kier molecular flexibility index (Phi) is 7.86. The van der Waals surface area contributed by atoms with Crippen molar-refractivity contribution in [3.8, 4) is 6.07 Å². The van der Waals surface area contributed by atoms with Crippen molar-refractivity contribution in [2.45, 2.75) is 32.1 Å². The number of Topliss-reactive ketones (excluding diaryl/α,β-unsaturated/α-hetero) is 1. The summed E-state index contributed by atoms with van der Waals surface area (Å²) in [4.78, 5) is 48.8. The van der Waals surface area contributed by atoms with E-state index in [1.165, 1.54) is 16.2 Å². The largest absolute Gasteiger partial charge is 0.383 e. The first-order valence-corrected chi connectivity index (χ1v) is 13.4. The van der Waals surface area contributed by atoms with Crippen LogP contribution < -0.4 is 16.4 Å². The first-order valence-electron chi connectivity index (χ1n) is 11.6. The van der Waals surface area contributed by atoms with Gasteiger partial charge in [0.1, 0.15) is 5.82 Å². The monoisotopic (exact) mass is 522 g/mol. The summed E-state index contributed by atoms with van der Waals surface area (Å²) < 4.78 is 0. The van der Waals surface area contributed by atoms with Gasteiger partial charge in [-0.1, -0.05) is 61.4 Å². The van der Waals surface area contributed by atoms with Crippen LogP contribution in [-0.4, -0.2) is 39.9 Å². The van der Waals surface area contributed by atoms with Crippen molar-refractivity contribution in [3.05, 3.63) is 58.9 Å². The van der Waals surface area contributed by atoms with E-state index >= 15 is 0 Å². The molecule has 2 heterocycles. The van der Waals surface area contributed by atoms with Crippen LogP contribution in [0.2, 0.25) is 0 Å². The Bertz CT molecular complexity index is 1240. The van der Waals surface area contributed by atoms with Crippen LogP contribution in [-0.2, 0) is 9.59 Å². The molecule has 0 bridgehead atoms. The summed E-state index contributed by atoms with van der Waals surface area (Å²) in [6, 6.07) is 10.9. The molecule has 0 saturated heterocycles. The molecular weight excluding hydrogens is 496 g/mol. The number of anilines is 1. The van der Waals surface area contributed by atoms with Crippen molar-refractivity contribution >= 4 is 50.9 Å². The van der Waals surface area contributed by atoms with E-state index in [2.05, 4.69) is 16.0 Å². The summed E-state index contributed by atoms with van der Waals surface area (Å²) in [6.07, 6.45) is 5.47. The Hall–Kier alpha value is -3.49. The number of hydrogen-bond donors (Lipinski definition) is 2. The fraction of sp³-hybridized carbons (Fsp3) is 0.360. The quantitative estimate of drug-likeness (QED) is 0.529. The summed E-state index contributed by atoms with van der Waals surface area (Å²) in [7, 11) is 0. The molecule has 4 rings (SSSR count). The van der Waals surface area contributed by atoms with Gasteiger partial charge in [-0.15, -0.1) is 11.3 Å². The van der Waals surface area contributed by atoms with E-state index < -0.39 is 17.2 Å². The van der Waals surface area contributed by atoms with Crippen molar-refractivity contribution < 1.29 is 14.4 Å². The molecule has 1 aromatic carbocycles. The molecule has 11 heteroatoms. The van der Waals surface area contributed by atoms with E-state index in [1.54, 1.807) is 35.8 Å². The summed E-state index contributed by atoms with van der Waals surface area (Å²) >= 11 is 2.32. The highest BCUT2D eigenvalue weighted by Crippen LogP contribution is 2.52. The lowest BCUT2D eigenvalue weighted by Gasteiger charge is -2.44. The number of carbonyl (C=O) groups is 3. The lowest BCUT2D eigenvalue weighted by atomic mass is 9.61. The number of thioether (sulfide) groups is 1. The standard InChI is InChI=1S/C25H26N6O3S2/c26-13-17-21(27)30-23(20(22(28)34)25(17)9-5-2-6-10-25)36-15-19(33)31(24-29-11-12-35-24)14-18(32)16-7-3-1-4-8-16/h1,3-4,7-8,11-12,20H,2,5-6,9-10,14-15,27H2,(H2,28,34). The predicted octanol–water partition coefficient (Wildman–Crippen LogP) is 3.25. The number of aliphatic imine (C=N–C) groups is 1. The average molecular weight is 523 g/mol. The van der Waals surface area contributed by atoms with Crippen LogP contribution in [0.25, 0.3) is 0 Å². The number of aromatic nitrogens is 1. The third kappa shape index (κ3) is 5.05. The van der Waals surface area contributed by atoms with Crippen molar-refractivity contribution in [2.24, 2.45) is 27.8 Å². The highest BCUT2D eigenvalue weighted by Gasteiger charge is 2.51. The number of primary amides is 1. The van der Waals surface area contributed by atoms with E-state index in [0.29, 0.717) is 34.2 Å². The third-order valence-corrected chi connectivity index (χ3v) is 8.43. The first-order chi connectivity index (χ1) is 17.4. The number of hydrogen-bond acceptors (Lipinski definition) is 9. The molecule has 1 atom stereocenters. The molecule has 0 radical (unpaired) electrons. The molecule has 1 saturated carbocycles. The molecule has 1 aromatic heterocycles. The fourth-order valence-corrected chi connectivity index (χ4v) is 6.72. The minimum atomic E-state index is -0.836. The molecule has 1 fully saturated rings. The number of carbonyl (C=O) groups excluding carboxylic acids is 3. The van der Waals surface area contributed by atoms with Crippen LogP contribution in [0.3, 0.4) is 0 Å². The second-order valence-corrected chi connectivity index (χ2v) is 10.6. The number of ketones is 1. The van der Waals surface area contributed by atoms with Crippen molar-refractivity contribution in [1.29, 1.82) is 5.26 Å². The van der Waals surface area contributed by atoms with Crippen molar-refractivity contribution in [3.63, 3.8) is 0 Å². The second-order valence-electron chi connectivity index (χ2n) is 8.75. The minimum absolute atomic E-state index is 0.0721. The maximum absolute atomic E-state index is 13.4. The van der Waals surface area contributed by atoms with Crippen LogP contribution in [0.15, 0.2) is 58.3 Å². The number of rotatable bonds is 7. The topological polar surface area (TPSA) is 156 Å². The molecule has 9 nitrogen and oxygen atoms in total. The van der Waals surface area contributed by atoms with Gasteiger partial charge in [-0.25, -0.2) is 9.98 Å². The molecule has 2 aromatic rings. The van der Waals surface area contributed by atoms with Crippen LogP contribution in [0.1, 0.15) is 42.5 Å². The van der Waals surface area contributed by atoms with Gasteiger partial charge >= 0.3 is 0 Å². The van der Waals surface area contributed by atoms with Gasteiger partial charge in [0.25, 0.3) is 0 Å². The zero-order valence-corrected chi connectivity index (χ0v) is 21.2. The molecule has 1 spiro atoms. The third-order valence-electron chi connectivity index (χ3n) is 6.62. The number of nitriles is 1. The molecule has 2 amide bonds. The number of allylic oxidation sites excluding steroid dienone is 1. The van der Waals surface area contributed by atoms with E-state index in [0.717, 1.165) is 31.0 Å². The van der Waals surface area contributed by atoms with Crippen molar-refractivity contribution in [1.82, 2.24) is 4.98 Å². The fourth-order valence-electron chi connectivity index (χ4n) is 4.96. The summed E-state index contributed by atoms with van der Waals surface area (Å²) in [5, 5.41) is 12.3. The summed E-state index contributed by atoms with van der Waals surface area (Å²) in [5.41, 5.74) is 12.0. The van der Waals surface area contributed by atoms with Gasteiger partial charge in [-0.05, 0) is 12.8 Å². The predicted molar refractivity (Wildman–Crippen MR) is 140 cm³/mol. The zero-order valence-electron chi connectivity index (χ0n) is 19.6. The molecule has 1 aliphatic heterocycles. The molecule has 186 valence electrons. The Balaban J connectivity index is 1.58. The Morgan fingerprint density at radius 2 is 1.92 bits per heavy atom. The van der Waals surface area contributed by atoms with Gasteiger partial charge < -0.3 is 11.5 Å². The van der Waals surface area contributed by atoms with Gasteiger partial charge in [0.05, 0.1) is 34.9 Å². The van der Waals surface area contributed by atoms with E-state index in [4.69, 9.17) is 11.5 Å². The maximum atomic E-state index is 13.4. The van der Waals surface area contributed by atoms with Gasteiger partial charge in [-0.3, -0.25) is 19.3 Å². The summed E-state index contributed by atoms with van der Waals surface area (Å²) in [6.45, 7) is -0.173. The minimum Gasteiger partial charge on any atom is -0.383 e. The lowest BCUT2D eigenvalue weighted by molar-refractivity contribution is -0.123. The molecule has 36 heavy (non-hydrogen) atoms. The average Bonchev–Trinajstić information content (AvgIpc) is 3.41. The van der Waals surface area contributed by atoms with Crippen LogP contribution in [0.5, 0.6) is 0 Å². The van der Waals surface area contributed by atoms with Gasteiger partial charge in [0.15, 0.2) is 10.9 Å². The van der Waals surface area contributed by atoms with E-state index in [1.807, 2.05) is 6.07 Å². The van der Waals surface area contributed by atoms with Gasteiger partial charge in [-0.2, -0.15) is 5.26 Å². The molecular formula is C25H26N6O3S2. The normalized spacial score (nSPS) is 18.9. The highest BCUT2D eigenvalue weighted by molar-refractivity contribution is 8.14. The van der Waals surface area contributed by atoms with Crippen LogP contribution in [0, 0.1) is 22.7 Å². The van der Waals surface area contributed by atoms with Crippen LogP contribution >= 0.6 is 23.1 Å². The van der Waals surface area contributed by atoms with Crippen molar-refractivity contribution in [2.75, 3.05) is 17.2 Å². The molecule has 1 aliphatic carbocycles. The SMILES string of the molecule is N#CC1=C(N)N=C(SCC(=O)N(CC(=O)c2ccccc2)c2nccs2)C(C(N)=O)C12CCCCC2. The zero-order chi connectivity index (χ0) is 25.7. The second kappa shape index (κ2) is 11.1. The Labute approximate surface area is 217 Å². The lowest BCUT2D eigenvalue weighted by Crippen LogP contribution is -2.49. The van der Waals surface area contributed by atoms with Gasteiger partial charge in [0.2, 0.25) is 11.8 Å². The molecule has 2 aliphatic rings. The Morgan fingerprint density at radius 3 is 2.53 bits per heavy atom. The number of benzene rings is 1. The van der Waals surface area contributed by atoms with E-state index in [-0.39, 0.29) is 29.8 Å². The number of nitrogens with zero attached hydrogens (tertiary/aromatic N) is 4. The highest BCUT2D eigenvalue weighted by atomic mass is 32.2. The maximum Gasteiger partial charge on any atom is 0.239 e. The van der Waals surface area contributed by atoms with E-state index in [9.17, 15) is 19.6 Å². The van der Waals surface area contributed by atoms with Gasteiger partial charge in [0, 0.05) is 22.6 Å². The smallest absolute Gasteiger partial charge is 0.239 e. The number of nitrogens with two attached hydrogens (primary N) is 2. The Morgan fingerprint density at radius 1 is 1.19 bits per heavy atom. The van der Waals surface area contributed by atoms with Crippen LogP contribution in [0.4, 0.5) is 5.13 Å². The summed E-state index contributed by atoms with van der Waals surface area (Å²) in [5.74, 6) is -2.04. The number of thiazole rings is 1.